The number of halogens is 1. The lowest BCUT2D eigenvalue weighted by molar-refractivity contribution is -0.140. The minimum absolute atomic E-state index is 0.0287. The number of benzene rings is 1. The molecule has 0 spiro atoms. The molecule has 0 aromatic heterocycles. The Morgan fingerprint density at radius 1 is 0.971 bits per heavy atom. The van der Waals surface area contributed by atoms with Crippen LogP contribution < -0.4 is 0 Å². The molecule has 4 rings (SSSR count). The molecule has 3 aliphatic rings. The highest BCUT2D eigenvalue weighted by molar-refractivity contribution is 6.30. The minimum atomic E-state index is -0.314. The summed E-state index contributed by atoms with van der Waals surface area (Å²) in [6.45, 7) is 9.63. The predicted molar refractivity (Wildman–Crippen MR) is 134 cm³/mol. The monoisotopic (exact) mass is 487 g/mol. The van der Waals surface area contributed by atoms with E-state index >= 15 is 0 Å². The second-order valence-corrected chi connectivity index (χ2v) is 10.9. The van der Waals surface area contributed by atoms with Crippen molar-refractivity contribution in [2.45, 2.75) is 84.3 Å². The van der Waals surface area contributed by atoms with Crippen LogP contribution in [0.15, 0.2) is 12.1 Å². The highest BCUT2D eigenvalue weighted by atomic mass is 35.5. The molecule has 0 N–H and O–H groups in total. The van der Waals surface area contributed by atoms with E-state index in [9.17, 15) is 14.4 Å². The zero-order valence-corrected chi connectivity index (χ0v) is 21.6. The summed E-state index contributed by atoms with van der Waals surface area (Å²) in [6.07, 6.45) is 6.36. The zero-order valence-electron chi connectivity index (χ0n) is 20.8. The molecule has 2 amide bonds. The molecule has 1 aliphatic carbocycles. The van der Waals surface area contributed by atoms with Gasteiger partial charge in [-0.15, -0.1) is 0 Å². The Balaban J connectivity index is 1.41. The number of likely N-dealkylation sites (tertiary alicyclic amines) is 1. The lowest BCUT2D eigenvalue weighted by Crippen LogP contribution is -2.54. The predicted octanol–water partition coefficient (Wildman–Crippen LogP) is 3.99. The highest BCUT2D eigenvalue weighted by Crippen LogP contribution is 2.29. The summed E-state index contributed by atoms with van der Waals surface area (Å²) >= 11 is 6.48. The van der Waals surface area contributed by atoms with E-state index in [-0.39, 0.29) is 29.7 Å². The molecule has 1 saturated carbocycles. The Bertz CT molecular complexity index is 943. The van der Waals surface area contributed by atoms with Gasteiger partial charge in [0.05, 0.1) is 6.04 Å². The van der Waals surface area contributed by atoms with Gasteiger partial charge in [0.15, 0.2) is 5.78 Å². The molecule has 34 heavy (non-hydrogen) atoms. The van der Waals surface area contributed by atoms with E-state index in [2.05, 4.69) is 23.6 Å². The highest BCUT2D eigenvalue weighted by Gasteiger charge is 2.34. The van der Waals surface area contributed by atoms with E-state index in [0.717, 1.165) is 68.6 Å². The number of rotatable bonds is 6. The number of hydrogen-bond acceptors (Lipinski definition) is 4. The van der Waals surface area contributed by atoms with Gasteiger partial charge in [0.1, 0.15) is 0 Å². The van der Waals surface area contributed by atoms with Gasteiger partial charge in [-0.1, -0.05) is 24.4 Å². The van der Waals surface area contributed by atoms with Crippen molar-refractivity contribution in [1.82, 2.24) is 14.7 Å². The van der Waals surface area contributed by atoms with Crippen molar-refractivity contribution in [2.24, 2.45) is 5.92 Å². The molecule has 1 aromatic carbocycles. The van der Waals surface area contributed by atoms with Gasteiger partial charge in [-0.2, -0.15) is 0 Å². The number of nitrogens with zero attached hydrogens (tertiary/aromatic N) is 3. The van der Waals surface area contributed by atoms with Crippen molar-refractivity contribution >= 4 is 29.2 Å². The molecule has 2 saturated heterocycles. The molecule has 2 atom stereocenters. The Morgan fingerprint density at radius 3 is 2.35 bits per heavy atom. The van der Waals surface area contributed by atoms with E-state index in [1.807, 2.05) is 12.1 Å². The number of hydrogen-bond donors (Lipinski definition) is 0. The fraction of sp³-hybridized carbons (Fsp3) is 0.667. The first-order chi connectivity index (χ1) is 16.2. The van der Waals surface area contributed by atoms with Crippen molar-refractivity contribution in [1.29, 1.82) is 0 Å². The molecule has 0 radical (unpaired) electrons. The summed E-state index contributed by atoms with van der Waals surface area (Å²) in [7, 11) is 0. The van der Waals surface area contributed by atoms with Crippen LogP contribution in [0, 0.1) is 12.8 Å². The van der Waals surface area contributed by atoms with Crippen LogP contribution in [-0.4, -0.2) is 70.6 Å². The minimum Gasteiger partial charge on any atom is -0.337 e. The Hall–Kier alpha value is -1.92. The molecule has 7 heteroatoms. The van der Waals surface area contributed by atoms with Crippen LogP contribution in [0.5, 0.6) is 0 Å². The van der Waals surface area contributed by atoms with Crippen molar-refractivity contribution in [3.8, 4) is 0 Å². The smallest absolute Gasteiger partial charge is 0.226 e. The second kappa shape index (κ2) is 10.8. The van der Waals surface area contributed by atoms with Gasteiger partial charge in [-0.25, -0.2) is 0 Å². The summed E-state index contributed by atoms with van der Waals surface area (Å²) in [4.78, 5) is 44.1. The van der Waals surface area contributed by atoms with Crippen LogP contribution in [0.4, 0.5) is 0 Å². The summed E-state index contributed by atoms with van der Waals surface area (Å²) in [5.74, 6) is 0.634. The summed E-state index contributed by atoms with van der Waals surface area (Å²) in [6, 6.07) is 3.78. The van der Waals surface area contributed by atoms with Crippen LogP contribution in [0.3, 0.4) is 0 Å². The Morgan fingerprint density at radius 2 is 1.68 bits per heavy atom. The van der Waals surface area contributed by atoms with Crippen LogP contribution in [-0.2, 0) is 27.3 Å². The van der Waals surface area contributed by atoms with Crippen molar-refractivity contribution in [2.75, 3.05) is 26.2 Å². The third kappa shape index (κ3) is 5.49. The van der Waals surface area contributed by atoms with Crippen molar-refractivity contribution in [3.05, 3.63) is 33.8 Å². The van der Waals surface area contributed by atoms with Gasteiger partial charge in [0.25, 0.3) is 0 Å². The van der Waals surface area contributed by atoms with Crippen LogP contribution in [0.1, 0.15) is 69.1 Å². The molecule has 6 nitrogen and oxygen atoms in total. The van der Waals surface area contributed by atoms with Crippen LogP contribution in [0.2, 0.25) is 5.02 Å². The maximum atomic E-state index is 13.1. The number of ketones is 1. The SMILES string of the molecule is CC(=O)N1CCC[C@H]1C(=O)Cc1cc(Cl)cc(CN2CCN(C(=O)C3CCCC3)[C@@H](C)C2)c1C. The van der Waals surface area contributed by atoms with Crippen LogP contribution >= 0.6 is 11.6 Å². The molecule has 0 unspecified atom stereocenters. The number of piperazine rings is 1. The number of amides is 2. The third-order valence-electron chi connectivity index (χ3n) is 8.07. The van der Waals surface area contributed by atoms with Crippen molar-refractivity contribution < 1.29 is 14.4 Å². The normalized spacial score (nSPS) is 24.1. The summed E-state index contributed by atoms with van der Waals surface area (Å²) in [5.41, 5.74) is 3.18. The largest absolute Gasteiger partial charge is 0.337 e. The Labute approximate surface area is 208 Å². The average molecular weight is 488 g/mol. The van der Waals surface area contributed by atoms with E-state index in [0.29, 0.717) is 23.9 Å². The van der Waals surface area contributed by atoms with E-state index in [1.165, 1.54) is 19.8 Å². The fourth-order valence-corrected chi connectivity index (χ4v) is 6.34. The number of carbonyl (C=O) groups is 3. The van der Waals surface area contributed by atoms with Crippen molar-refractivity contribution in [3.63, 3.8) is 0 Å². The molecule has 186 valence electrons. The molecule has 3 fully saturated rings. The van der Waals surface area contributed by atoms with Gasteiger partial charge < -0.3 is 9.80 Å². The lowest BCUT2D eigenvalue weighted by atomic mass is 9.95. The second-order valence-electron chi connectivity index (χ2n) is 10.5. The topological polar surface area (TPSA) is 60.9 Å². The standard InChI is InChI=1S/C27H38ClN3O3/c1-18-16-29(11-12-30(18)27(34)21-7-4-5-8-21)17-23-14-24(28)13-22(19(23)2)15-26(33)25-9-6-10-31(25)20(3)32/h13-14,18,21,25H,4-12,15-17H2,1-3H3/t18-,25-/m0/s1. The van der Waals surface area contributed by atoms with Gasteiger partial charge in [0.2, 0.25) is 11.8 Å². The summed E-state index contributed by atoms with van der Waals surface area (Å²) in [5, 5.41) is 0.640. The molecule has 2 heterocycles. The lowest BCUT2D eigenvalue weighted by Gasteiger charge is -2.41. The number of carbonyl (C=O) groups excluding carboxylic acids is 3. The first-order valence-corrected chi connectivity index (χ1v) is 13.2. The first-order valence-electron chi connectivity index (χ1n) is 12.8. The van der Waals surface area contributed by atoms with Gasteiger partial charge in [-0.3, -0.25) is 19.3 Å². The van der Waals surface area contributed by atoms with E-state index < -0.39 is 0 Å². The molecule has 0 bridgehead atoms. The fourth-order valence-electron chi connectivity index (χ4n) is 6.08. The van der Waals surface area contributed by atoms with Gasteiger partial charge in [-0.05, 0) is 68.4 Å². The van der Waals surface area contributed by atoms with E-state index in [4.69, 9.17) is 11.6 Å². The van der Waals surface area contributed by atoms with Crippen LogP contribution in [0.25, 0.3) is 0 Å². The average Bonchev–Trinajstić information content (AvgIpc) is 3.49. The quantitative estimate of drug-likeness (QED) is 0.608. The van der Waals surface area contributed by atoms with Gasteiger partial charge >= 0.3 is 0 Å². The molecular weight excluding hydrogens is 450 g/mol. The molecule has 1 aromatic rings. The number of Topliss-reactive ketones (excluding diaryl/α,β-unsaturated/α-hetero) is 1. The zero-order chi connectivity index (χ0) is 24.4. The first kappa shape index (κ1) is 25.2. The third-order valence-corrected chi connectivity index (χ3v) is 8.29. The van der Waals surface area contributed by atoms with Gasteiger partial charge in [0, 0.05) is 63.1 Å². The molecule has 2 aliphatic heterocycles. The summed E-state index contributed by atoms with van der Waals surface area (Å²) < 4.78 is 0. The molecular formula is C27H38ClN3O3. The maximum Gasteiger partial charge on any atom is 0.226 e. The van der Waals surface area contributed by atoms with E-state index in [1.54, 1.807) is 4.90 Å². The Kier molecular flexibility index (Phi) is 7.98. The maximum absolute atomic E-state index is 13.1.